The lowest BCUT2D eigenvalue weighted by atomic mass is 10.2. The van der Waals surface area contributed by atoms with Crippen LogP contribution in [0.15, 0.2) is 47.0 Å². The Bertz CT molecular complexity index is 937. The molecule has 8 nitrogen and oxygen atoms in total. The quantitative estimate of drug-likeness (QED) is 0.639. The molecule has 0 bridgehead atoms. The molecule has 0 saturated carbocycles. The first-order valence-electron chi connectivity index (χ1n) is 8.62. The lowest BCUT2D eigenvalue weighted by Crippen LogP contribution is -2.25. The highest BCUT2D eigenvalue weighted by Gasteiger charge is 2.12. The third-order valence-electron chi connectivity index (χ3n) is 4.09. The van der Waals surface area contributed by atoms with Gasteiger partial charge in [-0.3, -0.25) is 4.79 Å². The second-order valence-electron chi connectivity index (χ2n) is 5.82. The molecule has 1 aromatic heterocycles. The molecule has 8 heteroatoms. The van der Waals surface area contributed by atoms with Crippen LogP contribution in [0.4, 0.5) is 0 Å². The van der Waals surface area contributed by atoms with Crippen molar-refractivity contribution in [2.45, 2.75) is 6.42 Å². The predicted octanol–water partition coefficient (Wildman–Crippen LogP) is 2.73. The highest BCUT2D eigenvalue weighted by molar-refractivity contribution is 5.94. The van der Waals surface area contributed by atoms with Gasteiger partial charge in [-0.25, -0.2) is 0 Å². The lowest BCUT2D eigenvalue weighted by molar-refractivity contribution is 0.0953. The SMILES string of the molecule is COc1ccc(-c2noc(CCNC(=O)c3ccc(OC)c(OC)c3)n2)cc1. The van der Waals surface area contributed by atoms with Gasteiger partial charge in [-0.1, -0.05) is 5.16 Å². The Balaban J connectivity index is 1.56. The smallest absolute Gasteiger partial charge is 0.251 e. The van der Waals surface area contributed by atoms with Gasteiger partial charge in [0.25, 0.3) is 5.91 Å². The molecule has 0 unspecified atom stereocenters. The van der Waals surface area contributed by atoms with Crippen molar-refractivity contribution < 1.29 is 23.5 Å². The summed E-state index contributed by atoms with van der Waals surface area (Å²) in [6, 6.07) is 12.3. The van der Waals surface area contributed by atoms with Crippen LogP contribution in [-0.2, 0) is 6.42 Å². The van der Waals surface area contributed by atoms with Gasteiger partial charge in [-0.15, -0.1) is 0 Å². The summed E-state index contributed by atoms with van der Waals surface area (Å²) in [7, 11) is 4.68. The van der Waals surface area contributed by atoms with Gasteiger partial charge >= 0.3 is 0 Å². The maximum Gasteiger partial charge on any atom is 0.251 e. The van der Waals surface area contributed by atoms with Crippen molar-refractivity contribution >= 4 is 5.91 Å². The average Bonchev–Trinajstić information content (AvgIpc) is 3.22. The van der Waals surface area contributed by atoms with Crippen LogP contribution in [0.3, 0.4) is 0 Å². The molecular formula is C20H21N3O5. The molecule has 28 heavy (non-hydrogen) atoms. The topological polar surface area (TPSA) is 95.7 Å². The van der Waals surface area contributed by atoms with E-state index < -0.39 is 0 Å². The molecule has 1 amide bonds. The number of hydrogen-bond donors (Lipinski definition) is 1. The summed E-state index contributed by atoms with van der Waals surface area (Å²) < 4.78 is 20.8. The molecule has 3 rings (SSSR count). The van der Waals surface area contributed by atoms with Crippen LogP contribution in [-0.4, -0.2) is 43.9 Å². The molecule has 146 valence electrons. The summed E-state index contributed by atoms with van der Waals surface area (Å²) in [5.74, 6) is 2.52. The van der Waals surface area contributed by atoms with Gasteiger partial charge in [0.2, 0.25) is 11.7 Å². The monoisotopic (exact) mass is 383 g/mol. The van der Waals surface area contributed by atoms with Crippen molar-refractivity contribution in [3.8, 4) is 28.6 Å². The van der Waals surface area contributed by atoms with E-state index in [4.69, 9.17) is 18.7 Å². The Labute approximate surface area is 162 Å². The van der Waals surface area contributed by atoms with E-state index in [0.717, 1.165) is 11.3 Å². The minimum atomic E-state index is -0.226. The van der Waals surface area contributed by atoms with Crippen LogP contribution >= 0.6 is 0 Å². The van der Waals surface area contributed by atoms with E-state index >= 15 is 0 Å². The summed E-state index contributed by atoms with van der Waals surface area (Å²) in [6.45, 7) is 0.359. The lowest BCUT2D eigenvalue weighted by Gasteiger charge is -2.09. The third-order valence-corrected chi connectivity index (χ3v) is 4.09. The number of nitrogens with zero attached hydrogens (tertiary/aromatic N) is 2. The molecule has 0 aliphatic heterocycles. The maximum atomic E-state index is 12.3. The molecule has 1 heterocycles. The predicted molar refractivity (Wildman–Crippen MR) is 102 cm³/mol. The van der Waals surface area contributed by atoms with Crippen molar-refractivity contribution in [1.29, 1.82) is 0 Å². The van der Waals surface area contributed by atoms with E-state index in [2.05, 4.69) is 15.5 Å². The first-order chi connectivity index (χ1) is 13.6. The largest absolute Gasteiger partial charge is 0.497 e. The third kappa shape index (κ3) is 4.40. The van der Waals surface area contributed by atoms with Gasteiger partial charge in [0.05, 0.1) is 21.3 Å². The minimum Gasteiger partial charge on any atom is -0.497 e. The second-order valence-corrected chi connectivity index (χ2v) is 5.82. The number of carbonyl (C=O) groups excluding carboxylic acids is 1. The zero-order valence-electron chi connectivity index (χ0n) is 15.9. The first-order valence-corrected chi connectivity index (χ1v) is 8.62. The van der Waals surface area contributed by atoms with Crippen LogP contribution in [0.2, 0.25) is 0 Å². The van der Waals surface area contributed by atoms with Gasteiger partial charge in [-0.2, -0.15) is 4.98 Å². The van der Waals surface area contributed by atoms with Crippen LogP contribution < -0.4 is 19.5 Å². The zero-order valence-corrected chi connectivity index (χ0v) is 15.9. The fraction of sp³-hybridized carbons (Fsp3) is 0.250. The van der Waals surface area contributed by atoms with Crippen molar-refractivity contribution in [1.82, 2.24) is 15.5 Å². The molecule has 0 spiro atoms. The Morgan fingerprint density at radius 3 is 2.43 bits per heavy atom. The first kappa shape index (κ1) is 19.2. The molecule has 3 aromatic rings. The second kappa shape index (κ2) is 8.90. The Morgan fingerprint density at radius 2 is 1.75 bits per heavy atom. The van der Waals surface area contributed by atoms with Crippen molar-refractivity contribution in [2.24, 2.45) is 0 Å². The number of benzene rings is 2. The summed E-state index contributed by atoms with van der Waals surface area (Å²) in [5, 5.41) is 6.79. The number of carbonyl (C=O) groups is 1. The molecule has 2 aromatic carbocycles. The normalized spacial score (nSPS) is 10.4. The van der Waals surface area contributed by atoms with Crippen molar-refractivity contribution in [2.75, 3.05) is 27.9 Å². The van der Waals surface area contributed by atoms with Gasteiger partial charge in [0.15, 0.2) is 11.5 Å². The van der Waals surface area contributed by atoms with Gasteiger partial charge in [0, 0.05) is 24.1 Å². The zero-order chi connectivity index (χ0) is 19.9. The Hall–Kier alpha value is -3.55. The minimum absolute atomic E-state index is 0.226. The van der Waals surface area contributed by atoms with Gasteiger partial charge in [-0.05, 0) is 42.5 Å². The van der Waals surface area contributed by atoms with Crippen LogP contribution in [0.1, 0.15) is 16.2 Å². The summed E-state index contributed by atoms with van der Waals surface area (Å²) in [4.78, 5) is 16.7. The van der Waals surface area contributed by atoms with Gasteiger partial charge in [0.1, 0.15) is 5.75 Å². The van der Waals surface area contributed by atoms with E-state index in [1.165, 1.54) is 7.11 Å². The number of hydrogen-bond acceptors (Lipinski definition) is 7. The summed E-state index contributed by atoms with van der Waals surface area (Å²) in [6.07, 6.45) is 0.419. The number of methoxy groups -OCH3 is 3. The molecule has 0 saturated heterocycles. The molecule has 0 aliphatic rings. The molecule has 0 fully saturated rings. The van der Waals surface area contributed by atoms with Gasteiger partial charge < -0.3 is 24.1 Å². The van der Waals surface area contributed by atoms with E-state index in [1.54, 1.807) is 32.4 Å². The number of amides is 1. The van der Waals surface area contributed by atoms with E-state index in [-0.39, 0.29) is 5.91 Å². The number of nitrogens with one attached hydrogen (secondary N) is 1. The average molecular weight is 383 g/mol. The van der Waals surface area contributed by atoms with Crippen LogP contribution in [0, 0.1) is 0 Å². The molecule has 1 N–H and O–H groups in total. The highest BCUT2D eigenvalue weighted by Crippen LogP contribution is 2.27. The van der Waals surface area contributed by atoms with Crippen molar-refractivity contribution in [3.05, 3.63) is 53.9 Å². The maximum absolute atomic E-state index is 12.3. The van der Waals surface area contributed by atoms with Crippen molar-refractivity contribution in [3.63, 3.8) is 0 Å². The fourth-order valence-corrected chi connectivity index (χ4v) is 2.58. The number of rotatable bonds is 8. The molecule has 0 atom stereocenters. The number of aromatic nitrogens is 2. The standard InChI is InChI=1S/C20H21N3O5/c1-25-15-7-4-13(5-8-15)19-22-18(28-23-19)10-11-21-20(24)14-6-9-16(26-2)17(12-14)27-3/h4-9,12H,10-11H2,1-3H3,(H,21,24). The summed E-state index contributed by atoms with van der Waals surface area (Å²) in [5.41, 5.74) is 1.30. The van der Waals surface area contributed by atoms with E-state index in [1.807, 2.05) is 24.3 Å². The molecule has 0 aliphatic carbocycles. The number of ether oxygens (including phenoxy) is 3. The summed E-state index contributed by atoms with van der Waals surface area (Å²) >= 11 is 0. The molecule has 0 radical (unpaired) electrons. The fourth-order valence-electron chi connectivity index (χ4n) is 2.58. The highest BCUT2D eigenvalue weighted by atomic mass is 16.5. The Kier molecular flexibility index (Phi) is 6.11. The Morgan fingerprint density at radius 1 is 1.00 bits per heavy atom. The molecular weight excluding hydrogens is 362 g/mol. The van der Waals surface area contributed by atoms with Crippen LogP contribution in [0.5, 0.6) is 17.2 Å². The van der Waals surface area contributed by atoms with E-state index in [0.29, 0.717) is 41.7 Å². The van der Waals surface area contributed by atoms with Crippen LogP contribution in [0.25, 0.3) is 11.4 Å². The van der Waals surface area contributed by atoms with E-state index in [9.17, 15) is 4.79 Å².